The van der Waals surface area contributed by atoms with Gasteiger partial charge in [0.05, 0.1) is 22.8 Å². The highest BCUT2D eigenvalue weighted by Gasteiger charge is 2.44. The highest BCUT2D eigenvalue weighted by molar-refractivity contribution is 5.90. The number of ether oxygens (including phenoxy) is 1. The van der Waals surface area contributed by atoms with Crippen molar-refractivity contribution < 1.29 is 27.8 Å². The van der Waals surface area contributed by atoms with Crippen LogP contribution < -0.4 is 10.1 Å². The summed E-state index contributed by atoms with van der Waals surface area (Å²) in [6.07, 6.45) is 0.849. The highest BCUT2D eigenvalue weighted by Crippen LogP contribution is 2.46. The van der Waals surface area contributed by atoms with Gasteiger partial charge in [0.25, 0.3) is 0 Å². The molecule has 0 radical (unpaired) electrons. The molecule has 1 atom stereocenters. The number of aliphatic hydroxyl groups is 1. The third-order valence-corrected chi connectivity index (χ3v) is 9.86. The Labute approximate surface area is 276 Å². The number of benzene rings is 1. The smallest absolute Gasteiger partial charge is 0.416 e. The van der Waals surface area contributed by atoms with Gasteiger partial charge in [0.2, 0.25) is 0 Å². The molecule has 4 aromatic rings. The minimum Gasteiger partial charge on any atom is -0.455 e. The number of pyridine rings is 2. The van der Waals surface area contributed by atoms with E-state index in [4.69, 9.17) is 9.72 Å². The Balaban J connectivity index is 1.07. The first-order valence-corrected chi connectivity index (χ1v) is 16.6. The van der Waals surface area contributed by atoms with Crippen LogP contribution in [0.5, 0.6) is 11.5 Å². The molecule has 13 heteroatoms. The van der Waals surface area contributed by atoms with Crippen molar-refractivity contribution >= 4 is 22.8 Å². The molecule has 3 aromatic heterocycles. The van der Waals surface area contributed by atoms with Gasteiger partial charge in [-0.15, -0.1) is 0 Å². The number of carbonyl (C=O) groups is 1. The predicted octanol–water partition coefficient (Wildman–Crippen LogP) is 6.43. The zero-order valence-electron chi connectivity index (χ0n) is 27.1. The van der Waals surface area contributed by atoms with Crippen molar-refractivity contribution in [3.63, 3.8) is 0 Å². The van der Waals surface area contributed by atoms with E-state index >= 15 is 0 Å². The maximum atomic E-state index is 14.2. The molecule has 2 aliphatic heterocycles. The molecule has 1 saturated heterocycles. The number of urea groups is 1. The number of H-pyrrole nitrogens is 1. The van der Waals surface area contributed by atoms with Gasteiger partial charge in [-0.25, -0.2) is 9.78 Å². The number of halogens is 3. The molecule has 1 aromatic carbocycles. The van der Waals surface area contributed by atoms with Gasteiger partial charge in [0.15, 0.2) is 0 Å². The summed E-state index contributed by atoms with van der Waals surface area (Å²) >= 11 is 0. The van der Waals surface area contributed by atoms with Gasteiger partial charge in [-0.3, -0.25) is 9.88 Å². The molecule has 5 heterocycles. The first-order chi connectivity index (χ1) is 23.0. The normalized spacial score (nSPS) is 19.7. The minimum absolute atomic E-state index is 0.0472. The molecule has 48 heavy (non-hydrogen) atoms. The maximum Gasteiger partial charge on any atom is 0.416 e. The second-order valence-electron chi connectivity index (χ2n) is 13.1. The number of aromatic nitrogens is 3. The third kappa shape index (κ3) is 6.58. The minimum atomic E-state index is -4.56. The number of anilines is 1. The Morgan fingerprint density at radius 2 is 1.85 bits per heavy atom. The van der Waals surface area contributed by atoms with Gasteiger partial charge in [0, 0.05) is 69.3 Å². The molecule has 10 nitrogen and oxygen atoms in total. The van der Waals surface area contributed by atoms with Crippen molar-refractivity contribution in [2.24, 2.45) is 0 Å². The lowest BCUT2D eigenvalue weighted by atomic mass is 9.92. The number of hydrogen-bond donors (Lipinski definition) is 3. The van der Waals surface area contributed by atoms with E-state index in [1.54, 1.807) is 29.4 Å². The van der Waals surface area contributed by atoms with Crippen LogP contribution >= 0.6 is 0 Å². The van der Waals surface area contributed by atoms with Crippen LogP contribution in [0, 0.1) is 0 Å². The fourth-order valence-corrected chi connectivity index (χ4v) is 6.77. The molecular weight excluding hydrogens is 623 g/mol. The SMILES string of the molecule is CC[C@@H]1CN(C(=O)Nc2ccc(CN3CCN(CC)CC3)c(C(F)(F)F)c2)Cc2cc(Oc3ccnc4[nH]c(C5(O)CC5)cc34)cnc21. The molecular formula is C35H40F3N7O3. The molecule has 3 aliphatic rings. The topological polar surface area (TPSA) is 110 Å². The van der Waals surface area contributed by atoms with E-state index in [1.807, 2.05) is 24.0 Å². The van der Waals surface area contributed by atoms with Crippen molar-refractivity contribution in [1.29, 1.82) is 0 Å². The number of piperazine rings is 1. The van der Waals surface area contributed by atoms with Gasteiger partial charge in [0.1, 0.15) is 22.7 Å². The summed E-state index contributed by atoms with van der Waals surface area (Å²) in [5, 5.41) is 14.0. The van der Waals surface area contributed by atoms with Crippen molar-refractivity contribution in [2.45, 2.75) is 63.9 Å². The molecule has 254 valence electrons. The van der Waals surface area contributed by atoms with E-state index < -0.39 is 23.4 Å². The third-order valence-electron chi connectivity index (χ3n) is 9.86. The molecule has 1 saturated carbocycles. The molecule has 2 amide bonds. The van der Waals surface area contributed by atoms with Gasteiger partial charge in [-0.2, -0.15) is 13.2 Å². The number of rotatable bonds is 8. The van der Waals surface area contributed by atoms with E-state index in [0.717, 1.165) is 48.8 Å². The summed E-state index contributed by atoms with van der Waals surface area (Å²) in [6.45, 7) is 8.94. The maximum absolute atomic E-state index is 14.2. The second-order valence-corrected chi connectivity index (χ2v) is 13.1. The zero-order valence-corrected chi connectivity index (χ0v) is 27.1. The number of nitrogens with one attached hydrogen (secondary N) is 2. The van der Waals surface area contributed by atoms with Crippen LogP contribution in [0.3, 0.4) is 0 Å². The molecule has 2 fully saturated rings. The molecule has 0 unspecified atom stereocenters. The summed E-state index contributed by atoms with van der Waals surface area (Å²) in [7, 11) is 0. The van der Waals surface area contributed by atoms with E-state index in [9.17, 15) is 23.1 Å². The first kappa shape index (κ1) is 32.4. The highest BCUT2D eigenvalue weighted by atomic mass is 19.4. The van der Waals surface area contributed by atoms with Crippen LogP contribution in [0.4, 0.5) is 23.7 Å². The van der Waals surface area contributed by atoms with Crippen LogP contribution in [0.25, 0.3) is 11.0 Å². The van der Waals surface area contributed by atoms with E-state index in [1.165, 1.54) is 6.07 Å². The number of hydrogen-bond acceptors (Lipinski definition) is 7. The van der Waals surface area contributed by atoms with Crippen molar-refractivity contribution in [3.05, 3.63) is 76.9 Å². The fourth-order valence-electron chi connectivity index (χ4n) is 6.77. The lowest BCUT2D eigenvalue weighted by Gasteiger charge is -2.34. The number of alkyl halides is 3. The Morgan fingerprint density at radius 3 is 2.56 bits per heavy atom. The zero-order chi connectivity index (χ0) is 33.6. The summed E-state index contributed by atoms with van der Waals surface area (Å²) in [5.41, 5.74) is 1.73. The number of amides is 2. The lowest BCUT2D eigenvalue weighted by Crippen LogP contribution is -2.45. The van der Waals surface area contributed by atoms with Crippen LogP contribution in [-0.2, 0) is 24.9 Å². The number of aromatic amines is 1. The summed E-state index contributed by atoms with van der Waals surface area (Å²) in [6, 6.07) is 9.07. The molecule has 7 rings (SSSR count). The second kappa shape index (κ2) is 12.7. The Kier molecular flexibility index (Phi) is 8.55. The standard InChI is InChI=1S/C35H40F3N7O3/c1-3-22-20-45(33(46)41-25-6-5-23(28(16-25)35(36,37)38)19-44-13-11-43(4-2)12-14-44)21-24-15-26(18-40-31(22)24)48-29-7-10-39-32-27(29)17-30(42-32)34(47)8-9-34/h5-7,10,15-18,22,47H,3-4,8-9,11-14,19-21H2,1-2H3,(H,39,42)(H,41,46)/t22-/m1/s1. The first-order valence-electron chi connectivity index (χ1n) is 16.6. The van der Waals surface area contributed by atoms with Gasteiger partial charge >= 0.3 is 12.2 Å². The van der Waals surface area contributed by atoms with E-state index in [0.29, 0.717) is 55.3 Å². The van der Waals surface area contributed by atoms with Crippen LogP contribution in [0.2, 0.25) is 0 Å². The number of nitrogens with zero attached hydrogens (tertiary/aromatic N) is 5. The fraction of sp³-hybridized carbons (Fsp3) is 0.457. The molecule has 3 N–H and O–H groups in total. The monoisotopic (exact) mass is 663 g/mol. The number of carbonyl (C=O) groups excluding carboxylic acids is 1. The van der Waals surface area contributed by atoms with Crippen molar-refractivity contribution in [3.8, 4) is 11.5 Å². The summed E-state index contributed by atoms with van der Waals surface area (Å²) in [4.78, 5) is 31.7. The lowest BCUT2D eigenvalue weighted by molar-refractivity contribution is -0.138. The van der Waals surface area contributed by atoms with Crippen LogP contribution in [-0.4, -0.2) is 80.1 Å². The Bertz CT molecular complexity index is 1810. The van der Waals surface area contributed by atoms with Crippen LogP contribution in [0.15, 0.2) is 48.8 Å². The number of fused-ring (bicyclic) bond motifs is 2. The summed E-state index contributed by atoms with van der Waals surface area (Å²) < 4.78 is 48.9. The predicted molar refractivity (Wildman–Crippen MR) is 175 cm³/mol. The Hall–Kier alpha value is -4.20. The van der Waals surface area contributed by atoms with Gasteiger partial charge < -0.3 is 29.9 Å². The van der Waals surface area contributed by atoms with E-state index in [-0.39, 0.29) is 30.3 Å². The van der Waals surface area contributed by atoms with Crippen molar-refractivity contribution in [1.82, 2.24) is 29.7 Å². The molecule has 1 aliphatic carbocycles. The van der Waals surface area contributed by atoms with E-state index in [2.05, 4.69) is 27.1 Å². The quantitative estimate of drug-likeness (QED) is 0.199. The molecule has 0 spiro atoms. The van der Waals surface area contributed by atoms with Crippen LogP contribution in [0.1, 0.15) is 67.1 Å². The number of likely N-dealkylation sites (N-methyl/N-ethyl adjacent to an activating group) is 1. The average Bonchev–Trinajstić information content (AvgIpc) is 3.66. The Morgan fingerprint density at radius 1 is 1.08 bits per heavy atom. The summed E-state index contributed by atoms with van der Waals surface area (Å²) in [5.74, 6) is 0.986. The largest absolute Gasteiger partial charge is 0.455 e. The average molecular weight is 664 g/mol. The molecule has 0 bridgehead atoms. The van der Waals surface area contributed by atoms with Gasteiger partial charge in [-0.1, -0.05) is 19.9 Å². The van der Waals surface area contributed by atoms with Crippen molar-refractivity contribution in [2.75, 3.05) is 44.6 Å². The van der Waals surface area contributed by atoms with Gasteiger partial charge in [-0.05, 0) is 67.3 Å².